The standard InChI is InChI=1S/C31H26Cl4N2O2/c32-23-11-9-19(15-25(23)34)13-21-28-7-4-8-29(22(30(21)38)14-20-10-12-24(33)26(35)16-20)37(28)31(39)27(36)17-18-5-2-1-3-6-18/h1-3,5-6,9-16,27-29H,4,7-8,17,36H2/b21-13+,22-14+/t27-,28?,29?/m0/s1. The fourth-order valence-corrected chi connectivity index (χ4v) is 6.03. The molecule has 0 radical (unpaired) electrons. The number of carbonyl (C=O) groups excluding carboxylic acids is 2. The topological polar surface area (TPSA) is 63.4 Å². The van der Waals surface area contributed by atoms with Crippen molar-refractivity contribution in [3.63, 3.8) is 0 Å². The van der Waals surface area contributed by atoms with Gasteiger partial charge in [0.15, 0.2) is 5.78 Å². The van der Waals surface area contributed by atoms with Gasteiger partial charge in [0.25, 0.3) is 0 Å². The van der Waals surface area contributed by atoms with Crippen LogP contribution in [0.4, 0.5) is 0 Å². The molecule has 1 amide bonds. The van der Waals surface area contributed by atoms with Crippen LogP contribution in [0, 0.1) is 0 Å². The predicted octanol–water partition coefficient (Wildman–Crippen LogP) is 7.67. The number of fused-ring (bicyclic) bond motifs is 2. The monoisotopic (exact) mass is 598 g/mol. The minimum Gasteiger partial charge on any atom is -0.327 e. The zero-order valence-electron chi connectivity index (χ0n) is 20.9. The lowest BCUT2D eigenvalue weighted by atomic mass is 9.75. The van der Waals surface area contributed by atoms with Gasteiger partial charge in [0.2, 0.25) is 5.91 Å². The number of nitrogens with zero attached hydrogens (tertiary/aromatic N) is 1. The summed E-state index contributed by atoms with van der Waals surface area (Å²) < 4.78 is 0. The lowest BCUT2D eigenvalue weighted by molar-refractivity contribution is -0.139. The number of hydrogen-bond acceptors (Lipinski definition) is 3. The lowest BCUT2D eigenvalue weighted by Crippen LogP contribution is -2.61. The Balaban J connectivity index is 1.59. The fourth-order valence-electron chi connectivity index (χ4n) is 5.42. The Morgan fingerprint density at radius 1 is 0.821 bits per heavy atom. The van der Waals surface area contributed by atoms with Crippen molar-refractivity contribution in [1.82, 2.24) is 4.90 Å². The highest BCUT2D eigenvalue weighted by Gasteiger charge is 2.47. The molecule has 2 aliphatic rings. The number of hydrogen-bond donors (Lipinski definition) is 1. The van der Waals surface area contributed by atoms with E-state index in [1.807, 2.05) is 47.4 Å². The maximum absolute atomic E-state index is 14.1. The van der Waals surface area contributed by atoms with Crippen molar-refractivity contribution >= 4 is 70.2 Å². The van der Waals surface area contributed by atoms with Crippen LogP contribution in [0.25, 0.3) is 12.2 Å². The number of amides is 1. The quantitative estimate of drug-likeness (QED) is 0.306. The van der Waals surface area contributed by atoms with E-state index < -0.39 is 18.1 Å². The molecule has 0 saturated carbocycles. The molecule has 2 unspecified atom stereocenters. The molecule has 0 spiro atoms. The summed E-state index contributed by atoms with van der Waals surface area (Å²) in [6.45, 7) is 0. The first-order valence-corrected chi connectivity index (χ1v) is 14.2. The van der Waals surface area contributed by atoms with Gasteiger partial charge in [-0.25, -0.2) is 0 Å². The van der Waals surface area contributed by atoms with Crippen molar-refractivity contribution in [2.75, 3.05) is 0 Å². The lowest BCUT2D eigenvalue weighted by Gasteiger charge is -2.48. The van der Waals surface area contributed by atoms with E-state index in [9.17, 15) is 9.59 Å². The van der Waals surface area contributed by atoms with E-state index in [1.165, 1.54) is 0 Å². The average molecular weight is 600 g/mol. The summed E-state index contributed by atoms with van der Waals surface area (Å²) in [5.74, 6) is -0.288. The first kappa shape index (κ1) is 27.9. The molecule has 200 valence electrons. The molecule has 3 atom stereocenters. The van der Waals surface area contributed by atoms with E-state index in [0.717, 1.165) is 23.1 Å². The van der Waals surface area contributed by atoms with Crippen LogP contribution in [0.5, 0.6) is 0 Å². The van der Waals surface area contributed by atoms with Crippen molar-refractivity contribution in [3.8, 4) is 0 Å². The molecule has 39 heavy (non-hydrogen) atoms. The number of halogens is 4. The molecule has 4 nitrogen and oxygen atoms in total. The molecule has 2 N–H and O–H groups in total. The Labute approximate surface area is 248 Å². The first-order valence-electron chi connectivity index (χ1n) is 12.7. The molecule has 2 fully saturated rings. The molecule has 2 heterocycles. The summed E-state index contributed by atoms with van der Waals surface area (Å²) in [5, 5.41) is 1.63. The van der Waals surface area contributed by atoms with Gasteiger partial charge in [-0.15, -0.1) is 0 Å². The minimum absolute atomic E-state index is 0.109. The smallest absolute Gasteiger partial charge is 0.240 e. The van der Waals surface area contributed by atoms with Gasteiger partial charge in [0, 0.05) is 11.1 Å². The molecule has 5 rings (SSSR count). The van der Waals surface area contributed by atoms with Crippen LogP contribution in [-0.2, 0) is 16.0 Å². The van der Waals surface area contributed by atoms with Gasteiger partial charge in [-0.1, -0.05) is 88.9 Å². The number of Topliss-reactive ketones (excluding diaryl/α,β-unsaturated/α-hetero) is 1. The summed E-state index contributed by atoms with van der Waals surface area (Å²) in [6, 6.07) is 18.6. The van der Waals surface area contributed by atoms with Crippen LogP contribution < -0.4 is 5.73 Å². The van der Waals surface area contributed by atoms with Crippen LogP contribution in [0.15, 0.2) is 77.9 Å². The fraction of sp³-hybridized carbons (Fsp3) is 0.226. The third kappa shape index (κ3) is 5.96. The number of benzene rings is 3. The van der Waals surface area contributed by atoms with Crippen molar-refractivity contribution in [2.45, 2.75) is 43.8 Å². The SMILES string of the molecule is N[C@@H](Cc1ccccc1)C(=O)N1C2CCCC1/C(=C\c1ccc(Cl)c(Cl)c1)C(=O)/C2=C/c1ccc(Cl)c(Cl)c1. The molecule has 8 heteroatoms. The van der Waals surface area contributed by atoms with Crippen molar-refractivity contribution in [2.24, 2.45) is 5.73 Å². The first-order chi connectivity index (χ1) is 18.7. The van der Waals surface area contributed by atoms with E-state index in [1.54, 1.807) is 36.4 Å². The van der Waals surface area contributed by atoms with Crippen LogP contribution in [0.2, 0.25) is 20.1 Å². The second kappa shape index (κ2) is 11.9. The summed E-state index contributed by atoms with van der Waals surface area (Å²) >= 11 is 24.8. The molecule has 0 aromatic heterocycles. The van der Waals surface area contributed by atoms with Gasteiger partial charge >= 0.3 is 0 Å². The van der Waals surface area contributed by atoms with E-state index >= 15 is 0 Å². The van der Waals surface area contributed by atoms with Gasteiger partial charge in [-0.2, -0.15) is 0 Å². The molecule has 3 aromatic carbocycles. The van der Waals surface area contributed by atoms with Gasteiger partial charge < -0.3 is 10.6 Å². The second-order valence-electron chi connectivity index (χ2n) is 9.88. The second-order valence-corrected chi connectivity index (χ2v) is 11.5. The summed E-state index contributed by atoms with van der Waals surface area (Å²) in [7, 11) is 0. The number of ketones is 1. The highest BCUT2D eigenvalue weighted by molar-refractivity contribution is 6.42. The minimum atomic E-state index is -0.749. The Bertz CT molecular complexity index is 1410. The zero-order valence-corrected chi connectivity index (χ0v) is 23.9. The van der Waals surface area contributed by atoms with E-state index in [0.29, 0.717) is 50.5 Å². The van der Waals surface area contributed by atoms with Gasteiger partial charge in [0.1, 0.15) is 0 Å². The third-order valence-corrected chi connectivity index (χ3v) is 8.75. The number of carbonyl (C=O) groups is 2. The molecule has 0 aliphatic carbocycles. The van der Waals surface area contributed by atoms with Crippen LogP contribution >= 0.6 is 46.4 Å². The number of nitrogens with two attached hydrogens (primary N) is 1. The maximum Gasteiger partial charge on any atom is 0.240 e. The molecule has 2 bridgehead atoms. The van der Waals surface area contributed by atoms with E-state index in [-0.39, 0.29) is 11.7 Å². The van der Waals surface area contributed by atoms with Crippen LogP contribution in [-0.4, -0.2) is 34.7 Å². The Morgan fingerprint density at radius 3 is 1.82 bits per heavy atom. The van der Waals surface area contributed by atoms with Crippen molar-refractivity contribution in [3.05, 3.63) is 115 Å². The molecule has 2 saturated heterocycles. The molecular weight excluding hydrogens is 574 g/mol. The highest BCUT2D eigenvalue weighted by atomic mass is 35.5. The zero-order chi connectivity index (χ0) is 27.7. The predicted molar refractivity (Wildman–Crippen MR) is 160 cm³/mol. The molecule has 2 aliphatic heterocycles. The average Bonchev–Trinajstić information content (AvgIpc) is 2.93. The highest BCUT2D eigenvalue weighted by Crippen LogP contribution is 2.41. The normalized spacial score (nSPS) is 21.9. The summed E-state index contributed by atoms with van der Waals surface area (Å²) in [6.07, 6.45) is 6.21. The molecular formula is C31H26Cl4N2O2. The molecule has 3 aromatic rings. The maximum atomic E-state index is 14.1. The van der Waals surface area contributed by atoms with E-state index in [2.05, 4.69) is 0 Å². The van der Waals surface area contributed by atoms with Crippen LogP contribution in [0.1, 0.15) is 36.0 Å². The van der Waals surface area contributed by atoms with Crippen molar-refractivity contribution < 1.29 is 9.59 Å². The van der Waals surface area contributed by atoms with Crippen LogP contribution in [0.3, 0.4) is 0 Å². The summed E-state index contributed by atoms with van der Waals surface area (Å²) in [4.78, 5) is 29.9. The van der Waals surface area contributed by atoms with Gasteiger partial charge in [-0.3, -0.25) is 9.59 Å². The third-order valence-electron chi connectivity index (χ3n) is 7.27. The van der Waals surface area contributed by atoms with E-state index in [4.69, 9.17) is 52.1 Å². The number of rotatable bonds is 5. The Morgan fingerprint density at radius 2 is 1.33 bits per heavy atom. The Kier molecular flexibility index (Phi) is 8.51. The van der Waals surface area contributed by atoms with Gasteiger partial charge in [0.05, 0.1) is 38.2 Å². The largest absolute Gasteiger partial charge is 0.327 e. The number of piperidine rings is 2. The van der Waals surface area contributed by atoms with Crippen molar-refractivity contribution in [1.29, 1.82) is 0 Å². The van der Waals surface area contributed by atoms with Gasteiger partial charge in [-0.05, 0) is 78.8 Å². The summed E-state index contributed by atoms with van der Waals surface area (Å²) in [5.41, 5.74) is 9.99. The Hall–Kier alpha value is -2.60.